The molecule has 0 radical (unpaired) electrons. The van der Waals surface area contributed by atoms with Gasteiger partial charge in [0.15, 0.2) is 0 Å². The summed E-state index contributed by atoms with van der Waals surface area (Å²) >= 11 is 0. The van der Waals surface area contributed by atoms with Crippen molar-refractivity contribution in [2.24, 2.45) is 11.8 Å². The molecule has 0 aromatic carbocycles. The Morgan fingerprint density at radius 3 is 2.00 bits per heavy atom. The second-order valence-corrected chi connectivity index (χ2v) is 5.02. The summed E-state index contributed by atoms with van der Waals surface area (Å²) in [5.74, 6) is 1.96. The maximum atomic E-state index is 10.7. The maximum Gasteiger partial charge on any atom is 0.129 e. The van der Waals surface area contributed by atoms with Crippen LogP contribution in [0.25, 0.3) is 0 Å². The van der Waals surface area contributed by atoms with Crippen LogP contribution in [0.4, 0.5) is 0 Å². The molecule has 0 saturated heterocycles. The summed E-state index contributed by atoms with van der Waals surface area (Å²) in [4.78, 5) is 10.7. The average Bonchev–Trinajstić information content (AvgIpc) is 2.02. The molecule has 0 fully saturated rings. The van der Waals surface area contributed by atoms with E-state index in [1.807, 2.05) is 0 Å². The van der Waals surface area contributed by atoms with E-state index in [1.165, 1.54) is 25.7 Å². The quantitative estimate of drug-likeness (QED) is 0.565. The molecule has 92 valence electrons. The summed E-state index contributed by atoms with van der Waals surface area (Å²) in [5.41, 5.74) is 0. The molecule has 1 nitrogen and oxygen atoms in total. The van der Waals surface area contributed by atoms with Gasteiger partial charge in [0.05, 0.1) is 0 Å². The zero-order chi connectivity index (χ0) is 11.0. The molecule has 0 aliphatic heterocycles. The van der Waals surface area contributed by atoms with Gasteiger partial charge in [0.2, 0.25) is 0 Å². The molecule has 1 atom stereocenters. The Bertz CT molecular complexity index is 149. The lowest BCUT2D eigenvalue weighted by molar-refractivity contribution is -0.117. The van der Waals surface area contributed by atoms with E-state index in [0.29, 0.717) is 5.78 Å². The number of hydrogen-bond acceptors (Lipinski definition) is 1. The monoisotopic (exact) mass is 214 g/mol. The van der Waals surface area contributed by atoms with Gasteiger partial charge in [0, 0.05) is 6.42 Å². The van der Waals surface area contributed by atoms with Crippen LogP contribution >= 0.6 is 0 Å². The summed E-state index contributed by atoms with van der Waals surface area (Å²) in [5, 5.41) is 0. The first kappa shape index (κ1) is 17.1. The number of rotatable bonds is 8. The molecule has 0 aromatic heterocycles. The summed E-state index contributed by atoms with van der Waals surface area (Å²) in [6, 6.07) is 0. The lowest BCUT2D eigenvalue weighted by Gasteiger charge is -2.11. The van der Waals surface area contributed by atoms with E-state index in [4.69, 9.17) is 0 Å². The standard InChI is InChI=1S/C13H26O.CH4/c1-11(2)7-5-8-12(3)9-6-10-13(4)14;/h11-12H,5-10H2,1-4H3;1H4. The van der Waals surface area contributed by atoms with Crippen molar-refractivity contribution in [2.45, 2.75) is 73.6 Å². The van der Waals surface area contributed by atoms with Crippen LogP contribution in [0.5, 0.6) is 0 Å². The molecule has 0 aliphatic carbocycles. The molecule has 0 rings (SSSR count). The molecule has 1 unspecified atom stereocenters. The summed E-state index contributed by atoms with van der Waals surface area (Å²) in [6.45, 7) is 8.55. The Morgan fingerprint density at radius 1 is 1.00 bits per heavy atom. The van der Waals surface area contributed by atoms with E-state index in [1.54, 1.807) is 6.92 Å². The number of ketones is 1. The van der Waals surface area contributed by atoms with Crippen molar-refractivity contribution >= 4 is 5.78 Å². The second kappa shape index (κ2) is 10.2. The largest absolute Gasteiger partial charge is 0.300 e. The Labute approximate surface area is 96.7 Å². The SMILES string of the molecule is C.CC(=O)CCCC(C)CCCC(C)C. The number of hydrogen-bond donors (Lipinski definition) is 0. The Morgan fingerprint density at radius 2 is 1.53 bits per heavy atom. The van der Waals surface area contributed by atoms with E-state index in [0.717, 1.165) is 24.7 Å². The summed E-state index contributed by atoms with van der Waals surface area (Å²) < 4.78 is 0. The number of carbonyl (C=O) groups excluding carboxylic acids is 1. The third-order valence-electron chi connectivity index (χ3n) is 2.70. The normalized spacial score (nSPS) is 12.3. The average molecular weight is 214 g/mol. The zero-order valence-corrected chi connectivity index (χ0v) is 10.3. The predicted molar refractivity (Wildman–Crippen MR) is 69.1 cm³/mol. The molecule has 0 aliphatic rings. The van der Waals surface area contributed by atoms with E-state index in [9.17, 15) is 4.79 Å². The second-order valence-electron chi connectivity index (χ2n) is 5.02. The van der Waals surface area contributed by atoms with E-state index < -0.39 is 0 Å². The maximum absolute atomic E-state index is 10.7. The van der Waals surface area contributed by atoms with Crippen LogP contribution in [-0.2, 0) is 4.79 Å². The van der Waals surface area contributed by atoms with E-state index >= 15 is 0 Å². The first-order chi connectivity index (χ1) is 6.52. The van der Waals surface area contributed by atoms with Crippen molar-refractivity contribution in [3.8, 4) is 0 Å². The third kappa shape index (κ3) is 13.7. The van der Waals surface area contributed by atoms with Crippen LogP contribution in [0.2, 0.25) is 0 Å². The molecular weight excluding hydrogens is 184 g/mol. The minimum absolute atomic E-state index is 0. The first-order valence-electron chi connectivity index (χ1n) is 6.01. The minimum atomic E-state index is 0. The molecule has 0 N–H and O–H groups in total. The van der Waals surface area contributed by atoms with Gasteiger partial charge in [-0.15, -0.1) is 0 Å². The molecule has 0 aromatic rings. The van der Waals surface area contributed by atoms with Gasteiger partial charge < -0.3 is 4.79 Å². The highest BCUT2D eigenvalue weighted by atomic mass is 16.1. The number of carbonyl (C=O) groups is 1. The van der Waals surface area contributed by atoms with Gasteiger partial charge in [-0.2, -0.15) is 0 Å². The molecule has 0 amide bonds. The minimum Gasteiger partial charge on any atom is -0.300 e. The fourth-order valence-corrected chi connectivity index (χ4v) is 1.72. The molecule has 0 heterocycles. The first-order valence-corrected chi connectivity index (χ1v) is 6.01. The van der Waals surface area contributed by atoms with Crippen LogP contribution < -0.4 is 0 Å². The van der Waals surface area contributed by atoms with Gasteiger partial charge in [-0.1, -0.05) is 53.9 Å². The van der Waals surface area contributed by atoms with Gasteiger partial charge in [0.1, 0.15) is 5.78 Å². The van der Waals surface area contributed by atoms with E-state index in [2.05, 4.69) is 20.8 Å². The molecule has 1 heteroatoms. The predicted octanol–water partition coefficient (Wildman–Crippen LogP) is 4.84. The molecule has 15 heavy (non-hydrogen) atoms. The lowest BCUT2D eigenvalue weighted by Crippen LogP contribution is -1.98. The van der Waals surface area contributed by atoms with Crippen LogP contribution in [0.15, 0.2) is 0 Å². The van der Waals surface area contributed by atoms with Crippen molar-refractivity contribution < 1.29 is 4.79 Å². The number of Topliss-reactive ketones (excluding diaryl/α,β-unsaturated/α-hetero) is 1. The third-order valence-corrected chi connectivity index (χ3v) is 2.70. The van der Waals surface area contributed by atoms with Gasteiger partial charge in [0.25, 0.3) is 0 Å². The smallest absolute Gasteiger partial charge is 0.129 e. The van der Waals surface area contributed by atoms with Crippen LogP contribution in [-0.4, -0.2) is 5.78 Å². The lowest BCUT2D eigenvalue weighted by atomic mass is 9.95. The van der Waals surface area contributed by atoms with Crippen molar-refractivity contribution in [2.75, 3.05) is 0 Å². The summed E-state index contributed by atoms with van der Waals surface area (Å²) in [6.07, 6.45) is 7.09. The Hall–Kier alpha value is -0.330. The highest BCUT2D eigenvalue weighted by Crippen LogP contribution is 2.17. The van der Waals surface area contributed by atoms with Crippen LogP contribution in [0.1, 0.15) is 73.6 Å². The fraction of sp³-hybridized carbons (Fsp3) is 0.929. The fourth-order valence-electron chi connectivity index (χ4n) is 1.72. The molecular formula is C14H30O. The molecule has 0 bridgehead atoms. The van der Waals surface area contributed by atoms with Gasteiger partial charge in [-0.25, -0.2) is 0 Å². The van der Waals surface area contributed by atoms with Crippen LogP contribution in [0, 0.1) is 11.8 Å². The van der Waals surface area contributed by atoms with Gasteiger partial charge in [-0.3, -0.25) is 0 Å². The Kier molecular flexibility index (Phi) is 11.6. The van der Waals surface area contributed by atoms with Crippen molar-refractivity contribution in [3.63, 3.8) is 0 Å². The van der Waals surface area contributed by atoms with Gasteiger partial charge >= 0.3 is 0 Å². The van der Waals surface area contributed by atoms with Crippen molar-refractivity contribution in [3.05, 3.63) is 0 Å². The van der Waals surface area contributed by atoms with E-state index in [-0.39, 0.29) is 7.43 Å². The summed E-state index contributed by atoms with van der Waals surface area (Å²) in [7, 11) is 0. The van der Waals surface area contributed by atoms with Crippen molar-refractivity contribution in [1.29, 1.82) is 0 Å². The highest BCUT2D eigenvalue weighted by molar-refractivity contribution is 5.75. The zero-order valence-electron chi connectivity index (χ0n) is 10.3. The van der Waals surface area contributed by atoms with Crippen molar-refractivity contribution in [1.82, 2.24) is 0 Å². The topological polar surface area (TPSA) is 17.1 Å². The van der Waals surface area contributed by atoms with Crippen LogP contribution in [0.3, 0.4) is 0 Å². The molecule has 0 saturated carbocycles. The molecule has 0 spiro atoms. The highest BCUT2D eigenvalue weighted by Gasteiger charge is 2.03. The Balaban J connectivity index is 0. The van der Waals surface area contributed by atoms with Gasteiger partial charge in [-0.05, 0) is 25.2 Å².